The molecule has 7 heteroatoms. The molecule has 1 atom stereocenters. The smallest absolute Gasteiger partial charge is 0.256 e. The lowest BCUT2D eigenvalue weighted by molar-refractivity contribution is 0.0857. The van der Waals surface area contributed by atoms with Crippen molar-refractivity contribution in [3.63, 3.8) is 0 Å². The number of aromatic nitrogens is 2. The van der Waals surface area contributed by atoms with Gasteiger partial charge >= 0.3 is 0 Å². The molecule has 1 aliphatic heterocycles. The van der Waals surface area contributed by atoms with Gasteiger partial charge in [-0.1, -0.05) is 19.3 Å². The predicted octanol–water partition coefficient (Wildman–Crippen LogP) is 3.96. The maximum atomic E-state index is 13.3. The van der Waals surface area contributed by atoms with E-state index in [0.29, 0.717) is 29.8 Å². The molecule has 1 saturated carbocycles. The molecular formula is C23H29FN4O2. The minimum atomic E-state index is -0.302. The van der Waals surface area contributed by atoms with E-state index < -0.39 is 0 Å². The lowest BCUT2D eigenvalue weighted by atomic mass is 9.94. The summed E-state index contributed by atoms with van der Waals surface area (Å²) in [7, 11) is 2.00. The van der Waals surface area contributed by atoms with Crippen LogP contribution in [0.5, 0.6) is 0 Å². The molecule has 160 valence electrons. The third-order valence-corrected chi connectivity index (χ3v) is 6.09. The van der Waals surface area contributed by atoms with Gasteiger partial charge in [0.25, 0.3) is 5.91 Å². The largest absolute Gasteiger partial charge is 0.376 e. The van der Waals surface area contributed by atoms with Crippen LogP contribution in [0, 0.1) is 5.82 Å². The molecule has 6 nitrogen and oxygen atoms in total. The van der Waals surface area contributed by atoms with Crippen molar-refractivity contribution in [3.8, 4) is 11.4 Å². The van der Waals surface area contributed by atoms with E-state index in [1.165, 1.54) is 31.4 Å². The first-order valence-electron chi connectivity index (χ1n) is 10.9. The zero-order valence-electron chi connectivity index (χ0n) is 17.4. The topological polar surface area (TPSA) is 67.4 Å². The van der Waals surface area contributed by atoms with Crippen LogP contribution in [-0.2, 0) is 4.74 Å². The van der Waals surface area contributed by atoms with Crippen LogP contribution >= 0.6 is 0 Å². The number of nitrogens with zero attached hydrogens (tertiary/aromatic N) is 3. The lowest BCUT2D eigenvalue weighted by Crippen LogP contribution is -2.37. The summed E-state index contributed by atoms with van der Waals surface area (Å²) in [5.41, 5.74) is 1.19. The fraction of sp³-hybridized carbons (Fsp3) is 0.522. The van der Waals surface area contributed by atoms with Gasteiger partial charge in [-0.15, -0.1) is 0 Å². The van der Waals surface area contributed by atoms with E-state index in [0.717, 1.165) is 37.9 Å². The highest BCUT2D eigenvalue weighted by Crippen LogP contribution is 2.29. The van der Waals surface area contributed by atoms with Crippen molar-refractivity contribution >= 4 is 11.7 Å². The summed E-state index contributed by atoms with van der Waals surface area (Å²) >= 11 is 0. The van der Waals surface area contributed by atoms with Crippen LogP contribution in [0.3, 0.4) is 0 Å². The van der Waals surface area contributed by atoms with Gasteiger partial charge in [0, 0.05) is 38.0 Å². The second-order valence-electron chi connectivity index (χ2n) is 8.19. The molecule has 1 aromatic carbocycles. The summed E-state index contributed by atoms with van der Waals surface area (Å²) in [4.78, 5) is 24.3. The first-order valence-corrected chi connectivity index (χ1v) is 10.9. The second-order valence-corrected chi connectivity index (χ2v) is 8.19. The molecule has 1 aliphatic carbocycles. The summed E-state index contributed by atoms with van der Waals surface area (Å²) in [6.45, 7) is 1.25. The van der Waals surface area contributed by atoms with E-state index in [9.17, 15) is 9.18 Å². The van der Waals surface area contributed by atoms with E-state index >= 15 is 0 Å². The Bertz CT molecular complexity index is 862. The number of anilines is 1. The van der Waals surface area contributed by atoms with E-state index in [4.69, 9.17) is 9.72 Å². The van der Waals surface area contributed by atoms with Crippen molar-refractivity contribution in [1.82, 2.24) is 15.3 Å². The van der Waals surface area contributed by atoms with Gasteiger partial charge < -0.3 is 15.0 Å². The summed E-state index contributed by atoms with van der Waals surface area (Å²) < 4.78 is 18.9. The van der Waals surface area contributed by atoms with Crippen LogP contribution in [0.1, 0.15) is 55.3 Å². The number of carbonyl (C=O) groups excluding carboxylic acids is 1. The van der Waals surface area contributed by atoms with Crippen LogP contribution in [0.25, 0.3) is 11.4 Å². The summed E-state index contributed by atoms with van der Waals surface area (Å²) in [6, 6.07) is 6.45. The van der Waals surface area contributed by atoms with Crippen molar-refractivity contribution in [2.45, 2.75) is 57.1 Å². The fourth-order valence-electron chi connectivity index (χ4n) is 4.29. The van der Waals surface area contributed by atoms with Crippen LogP contribution in [0.15, 0.2) is 30.5 Å². The molecule has 2 aromatic rings. The predicted molar refractivity (Wildman–Crippen MR) is 114 cm³/mol. The molecule has 0 radical (unpaired) electrons. The molecule has 4 rings (SSSR count). The number of rotatable bonds is 6. The minimum Gasteiger partial charge on any atom is -0.376 e. The number of hydrogen-bond donors (Lipinski definition) is 1. The highest BCUT2D eigenvalue weighted by atomic mass is 19.1. The van der Waals surface area contributed by atoms with E-state index in [2.05, 4.69) is 15.2 Å². The summed E-state index contributed by atoms with van der Waals surface area (Å²) in [5, 5.41) is 2.99. The Labute approximate surface area is 176 Å². The Morgan fingerprint density at radius 2 is 1.93 bits per heavy atom. The average molecular weight is 413 g/mol. The molecular weight excluding hydrogens is 383 g/mol. The third kappa shape index (κ3) is 4.78. The Hall–Kier alpha value is -2.54. The number of amides is 1. The fourth-order valence-corrected chi connectivity index (χ4v) is 4.29. The van der Waals surface area contributed by atoms with Crippen molar-refractivity contribution in [2.75, 3.05) is 25.1 Å². The van der Waals surface area contributed by atoms with Gasteiger partial charge in [-0.2, -0.15) is 0 Å². The SMILES string of the molecule is CN(c1nc(-c2ccc(F)cc2)ncc1C(=O)NCC1CCCO1)C1CCCCC1. The number of halogens is 1. The Morgan fingerprint density at radius 3 is 2.63 bits per heavy atom. The molecule has 2 heterocycles. The highest BCUT2D eigenvalue weighted by molar-refractivity contribution is 5.99. The molecule has 0 bridgehead atoms. The van der Waals surface area contributed by atoms with Gasteiger partial charge in [-0.05, 0) is 49.9 Å². The van der Waals surface area contributed by atoms with Crippen molar-refractivity contribution in [2.24, 2.45) is 0 Å². The van der Waals surface area contributed by atoms with Gasteiger partial charge in [-0.25, -0.2) is 14.4 Å². The zero-order valence-corrected chi connectivity index (χ0v) is 17.4. The Morgan fingerprint density at radius 1 is 1.17 bits per heavy atom. The Balaban J connectivity index is 1.61. The second kappa shape index (κ2) is 9.51. The highest BCUT2D eigenvalue weighted by Gasteiger charge is 2.25. The number of carbonyl (C=O) groups is 1. The van der Waals surface area contributed by atoms with Gasteiger partial charge in [0.2, 0.25) is 0 Å². The number of nitrogens with one attached hydrogen (secondary N) is 1. The molecule has 30 heavy (non-hydrogen) atoms. The van der Waals surface area contributed by atoms with Crippen molar-refractivity contribution in [1.29, 1.82) is 0 Å². The maximum absolute atomic E-state index is 13.3. The third-order valence-electron chi connectivity index (χ3n) is 6.09. The normalized spacial score (nSPS) is 19.6. The molecule has 1 unspecified atom stereocenters. The van der Waals surface area contributed by atoms with E-state index in [1.807, 2.05) is 7.05 Å². The summed E-state index contributed by atoms with van der Waals surface area (Å²) in [5.74, 6) is 0.627. The van der Waals surface area contributed by atoms with Crippen molar-refractivity contribution < 1.29 is 13.9 Å². The molecule has 1 N–H and O–H groups in total. The Kier molecular flexibility index (Phi) is 6.57. The van der Waals surface area contributed by atoms with Crippen molar-refractivity contribution in [3.05, 3.63) is 41.8 Å². The lowest BCUT2D eigenvalue weighted by Gasteiger charge is -2.33. The van der Waals surface area contributed by atoms with Gasteiger partial charge in [0.15, 0.2) is 5.82 Å². The van der Waals surface area contributed by atoms with Crippen LogP contribution < -0.4 is 10.2 Å². The maximum Gasteiger partial charge on any atom is 0.256 e. The van der Waals surface area contributed by atoms with E-state index in [-0.39, 0.29) is 17.8 Å². The van der Waals surface area contributed by atoms with Crippen LogP contribution in [-0.4, -0.2) is 48.2 Å². The van der Waals surface area contributed by atoms with Gasteiger partial charge in [0.1, 0.15) is 17.2 Å². The quantitative estimate of drug-likeness (QED) is 0.778. The van der Waals surface area contributed by atoms with Gasteiger partial charge in [-0.3, -0.25) is 4.79 Å². The van der Waals surface area contributed by atoms with Gasteiger partial charge in [0.05, 0.1) is 6.10 Å². The first-order chi connectivity index (χ1) is 14.6. The van der Waals surface area contributed by atoms with E-state index in [1.54, 1.807) is 18.3 Å². The molecule has 2 fully saturated rings. The van der Waals surface area contributed by atoms with Crippen LogP contribution in [0.2, 0.25) is 0 Å². The molecule has 1 aromatic heterocycles. The standard InChI is InChI=1S/C23H29FN4O2/c1-28(18-6-3-2-4-7-18)22-20(23(29)26-14-19-8-5-13-30-19)15-25-21(27-22)16-9-11-17(24)12-10-16/h9-12,15,18-19H,2-8,13-14H2,1H3,(H,26,29). The molecule has 1 amide bonds. The molecule has 1 saturated heterocycles. The minimum absolute atomic E-state index is 0.0767. The molecule has 0 spiro atoms. The number of hydrogen-bond acceptors (Lipinski definition) is 5. The first kappa shape index (κ1) is 20.7. The average Bonchev–Trinajstić information content (AvgIpc) is 3.31. The van der Waals surface area contributed by atoms with Crippen LogP contribution in [0.4, 0.5) is 10.2 Å². The monoisotopic (exact) mass is 412 g/mol. The number of ether oxygens (including phenoxy) is 1. The zero-order chi connectivity index (χ0) is 20.9. The summed E-state index contributed by atoms with van der Waals surface area (Å²) in [6.07, 6.45) is 9.46. The number of benzene rings is 1. The molecule has 2 aliphatic rings.